The summed E-state index contributed by atoms with van der Waals surface area (Å²) >= 11 is 7.30. The number of aliphatic hydroxyl groups excluding tert-OH is 1. The fourth-order valence-corrected chi connectivity index (χ4v) is 5.76. The lowest BCUT2D eigenvalue weighted by atomic mass is 9.95. The highest BCUT2D eigenvalue weighted by atomic mass is 35.5. The number of halogens is 1. The molecule has 10 heteroatoms. The lowest BCUT2D eigenvalue weighted by Crippen LogP contribution is -2.29. The van der Waals surface area contributed by atoms with Gasteiger partial charge in [0.1, 0.15) is 11.5 Å². The van der Waals surface area contributed by atoms with Gasteiger partial charge in [0.25, 0.3) is 5.78 Å². The number of fused-ring (bicyclic) bond motifs is 1. The average Bonchev–Trinajstić information content (AvgIpc) is 3.50. The van der Waals surface area contributed by atoms with Crippen molar-refractivity contribution in [2.24, 2.45) is 5.92 Å². The van der Waals surface area contributed by atoms with Crippen molar-refractivity contribution in [1.82, 2.24) is 4.98 Å². The van der Waals surface area contributed by atoms with E-state index in [0.717, 1.165) is 11.1 Å². The number of benzene rings is 3. The van der Waals surface area contributed by atoms with E-state index in [2.05, 4.69) is 18.8 Å². The van der Waals surface area contributed by atoms with Gasteiger partial charge in [-0.05, 0) is 72.5 Å². The van der Waals surface area contributed by atoms with Crippen LogP contribution < -0.4 is 19.1 Å². The van der Waals surface area contributed by atoms with Crippen LogP contribution in [0.25, 0.3) is 16.0 Å². The minimum Gasteiger partial charge on any atom is -0.507 e. The van der Waals surface area contributed by atoms with Crippen molar-refractivity contribution >= 4 is 55.7 Å². The molecular formula is C31H29ClN2O6S. The molecular weight excluding hydrogens is 564 g/mol. The lowest BCUT2D eigenvalue weighted by Gasteiger charge is -2.24. The number of rotatable bonds is 9. The molecule has 1 atom stereocenters. The summed E-state index contributed by atoms with van der Waals surface area (Å²) in [7, 11) is 3.10. The van der Waals surface area contributed by atoms with E-state index in [4.69, 9.17) is 25.8 Å². The molecule has 8 nitrogen and oxygen atoms in total. The number of ketones is 1. The van der Waals surface area contributed by atoms with Crippen molar-refractivity contribution in [3.05, 3.63) is 82.4 Å². The maximum absolute atomic E-state index is 13.6. The van der Waals surface area contributed by atoms with Crippen molar-refractivity contribution in [2.75, 3.05) is 25.7 Å². The van der Waals surface area contributed by atoms with Gasteiger partial charge in [-0.2, -0.15) is 0 Å². The second kappa shape index (κ2) is 11.8. The van der Waals surface area contributed by atoms with Crippen LogP contribution in [0, 0.1) is 5.92 Å². The monoisotopic (exact) mass is 592 g/mol. The SMILES string of the molecule is COc1ccc2nc(N3C(=O)C(=O)C(=C(O)c4ccc(Cl)cc4)C3c3ccc(OCCC(C)C)c(OC)c3)sc2c1. The summed E-state index contributed by atoms with van der Waals surface area (Å²) in [5.74, 6) is 0.166. The summed E-state index contributed by atoms with van der Waals surface area (Å²) in [5, 5.41) is 12.2. The number of carbonyl (C=O) groups is 2. The van der Waals surface area contributed by atoms with Gasteiger partial charge in [-0.15, -0.1) is 0 Å². The van der Waals surface area contributed by atoms with Gasteiger partial charge in [0.05, 0.1) is 42.7 Å². The Morgan fingerprint density at radius 3 is 2.46 bits per heavy atom. The van der Waals surface area contributed by atoms with Crippen LogP contribution in [-0.2, 0) is 9.59 Å². The third kappa shape index (κ3) is 5.60. The van der Waals surface area contributed by atoms with E-state index in [0.29, 0.717) is 56.6 Å². The molecule has 1 N–H and O–H groups in total. The number of methoxy groups -OCH3 is 2. The van der Waals surface area contributed by atoms with E-state index in [-0.39, 0.29) is 11.3 Å². The lowest BCUT2D eigenvalue weighted by molar-refractivity contribution is -0.132. The number of ether oxygens (including phenoxy) is 3. The van der Waals surface area contributed by atoms with Gasteiger partial charge >= 0.3 is 5.91 Å². The minimum absolute atomic E-state index is 0.0651. The number of hydrogen-bond acceptors (Lipinski definition) is 8. The maximum Gasteiger partial charge on any atom is 0.301 e. The maximum atomic E-state index is 13.6. The van der Waals surface area contributed by atoms with Crippen molar-refractivity contribution < 1.29 is 28.9 Å². The summed E-state index contributed by atoms with van der Waals surface area (Å²) in [4.78, 5) is 33.2. The summed E-state index contributed by atoms with van der Waals surface area (Å²) in [6.45, 7) is 4.74. The molecule has 3 aromatic carbocycles. The number of anilines is 1. The molecule has 41 heavy (non-hydrogen) atoms. The first-order valence-corrected chi connectivity index (χ1v) is 14.2. The Balaban J connectivity index is 1.66. The van der Waals surface area contributed by atoms with Crippen molar-refractivity contribution in [2.45, 2.75) is 26.3 Å². The number of nitrogens with zero attached hydrogens (tertiary/aromatic N) is 2. The molecule has 1 amide bonds. The average molecular weight is 593 g/mol. The molecule has 1 aliphatic heterocycles. The molecule has 1 unspecified atom stereocenters. The topological polar surface area (TPSA) is 98.2 Å². The first-order valence-electron chi connectivity index (χ1n) is 13.0. The van der Waals surface area contributed by atoms with Crippen molar-refractivity contribution in [1.29, 1.82) is 0 Å². The first-order chi connectivity index (χ1) is 19.7. The molecule has 0 aliphatic carbocycles. The zero-order valence-electron chi connectivity index (χ0n) is 23.0. The van der Waals surface area contributed by atoms with Gasteiger partial charge in [-0.1, -0.05) is 42.9 Å². The quantitative estimate of drug-likeness (QED) is 0.127. The molecule has 212 valence electrons. The molecule has 0 spiro atoms. The van der Waals surface area contributed by atoms with E-state index < -0.39 is 17.7 Å². The third-order valence-corrected chi connectivity index (χ3v) is 8.08. The Morgan fingerprint density at radius 1 is 1.02 bits per heavy atom. The zero-order chi connectivity index (χ0) is 29.3. The number of thiazole rings is 1. The third-order valence-electron chi connectivity index (χ3n) is 6.81. The summed E-state index contributed by atoms with van der Waals surface area (Å²) < 4.78 is 17.7. The van der Waals surface area contributed by atoms with Gasteiger partial charge in [0, 0.05) is 10.6 Å². The Morgan fingerprint density at radius 2 is 1.78 bits per heavy atom. The van der Waals surface area contributed by atoms with Crippen LogP contribution in [0.3, 0.4) is 0 Å². The fraction of sp³-hybridized carbons (Fsp3) is 0.258. The second-order valence-electron chi connectivity index (χ2n) is 9.95. The van der Waals surface area contributed by atoms with Gasteiger partial charge in [-0.3, -0.25) is 14.5 Å². The number of Topliss-reactive ketones (excluding diaryl/α,β-unsaturated/α-hetero) is 1. The Labute approximate surface area is 246 Å². The summed E-state index contributed by atoms with van der Waals surface area (Å²) in [5.41, 5.74) is 1.48. The summed E-state index contributed by atoms with van der Waals surface area (Å²) in [6.07, 6.45) is 0.870. The van der Waals surface area contributed by atoms with Gasteiger partial charge in [0.2, 0.25) is 0 Å². The smallest absolute Gasteiger partial charge is 0.301 e. The van der Waals surface area contributed by atoms with E-state index >= 15 is 0 Å². The first kappa shape index (κ1) is 28.4. The normalized spacial score (nSPS) is 16.5. The predicted octanol–water partition coefficient (Wildman–Crippen LogP) is 7.02. The van der Waals surface area contributed by atoms with E-state index in [9.17, 15) is 14.7 Å². The van der Waals surface area contributed by atoms with Crippen LogP contribution in [0.5, 0.6) is 17.2 Å². The van der Waals surface area contributed by atoms with Crippen LogP contribution in [0.2, 0.25) is 5.02 Å². The van der Waals surface area contributed by atoms with Gasteiger partial charge < -0.3 is 19.3 Å². The molecule has 2 heterocycles. The highest BCUT2D eigenvalue weighted by molar-refractivity contribution is 7.22. The molecule has 0 radical (unpaired) electrons. The highest BCUT2D eigenvalue weighted by Crippen LogP contribution is 2.46. The Kier molecular flexibility index (Phi) is 8.19. The van der Waals surface area contributed by atoms with Gasteiger partial charge in [-0.25, -0.2) is 4.98 Å². The second-order valence-corrected chi connectivity index (χ2v) is 11.4. The van der Waals surface area contributed by atoms with Crippen molar-refractivity contribution in [3.63, 3.8) is 0 Å². The largest absolute Gasteiger partial charge is 0.507 e. The molecule has 0 saturated carbocycles. The minimum atomic E-state index is -0.980. The number of hydrogen-bond donors (Lipinski definition) is 1. The van der Waals surface area contributed by atoms with Crippen molar-refractivity contribution in [3.8, 4) is 17.2 Å². The molecule has 0 bridgehead atoms. The predicted molar refractivity (Wildman–Crippen MR) is 160 cm³/mol. The molecule has 1 aliphatic rings. The van der Waals surface area contributed by atoms with Crippen LogP contribution in [0.1, 0.15) is 37.4 Å². The Bertz CT molecular complexity index is 1650. The molecule has 1 aromatic heterocycles. The number of amides is 1. The molecule has 1 saturated heterocycles. The molecule has 1 fully saturated rings. The summed E-state index contributed by atoms with van der Waals surface area (Å²) in [6, 6.07) is 16.1. The van der Waals surface area contributed by atoms with Crippen LogP contribution in [-0.4, -0.2) is 42.6 Å². The van der Waals surface area contributed by atoms with Crippen LogP contribution in [0.4, 0.5) is 5.13 Å². The van der Waals surface area contributed by atoms with Crippen LogP contribution in [0.15, 0.2) is 66.2 Å². The number of carbonyl (C=O) groups excluding carboxylic acids is 2. The van der Waals surface area contributed by atoms with Gasteiger partial charge in [0.15, 0.2) is 16.6 Å². The molecule has 5 rings (SSSR count). The standard InChI is InChI=1S/C31H29ClN2O6S/c1-17(2)13-14-40-23-12-7-19(15-24(23)39-4)27-26(28(35)18-5-8-20(32)9-6-18)29(36)30(37)34(27)31-33-22-11-10-21(38-3)16-25(22)41-31/h5-12,15-17,27,35H,13-14H2,1-4H3. The Hall–Kier alpha value is -4.08. The van der Waals surface area contributed by atoms with E-state index in [1.807, 2.05) is 6.07 Å². The fourth-order valence-electron chi connectivity index (χ4n) is 4.61. The number of aromatic nitrogens is 1. The van der Waals surface area contributed by atoms with Crippen LogP contribution >= 0.6 is 22.9 Å². The van der Waals surface area contributed by atoms with E-state index in [1.165, 1.54) is 23.3 Å². The van der Waals surface area contributed by atoms with E-state index in [1.54, 1.807) is 61.7 Å². The molecule has 4 aromatic rings. The zero-order valence-corrected chi connectivity index (χ0v) is 24.6. The number of aliphatic hydroxyl groups is 1. The highest BCUT2D eigenvalue weighted by Gasteiger charge is 2.48.